The van der Waals surface area contributed by atoms with Gasteiger partial charge in [0.25, 0.3) is 5.69 Å². The zero-order valence-electron chi connectivity index (χ0n) is 11.3. The molecule has 0 saturated carbocycles. The van der Waals surface area contributed by atoms with Gasteiger partial charge in [-0.2, -0.15) is 0 Å². The molecule has 1 aromatic carbocycles. The topological polar surface area (TPSA) is 139 Å². The Balaban J connectivity index is 3.20. The first-order valence-corrected chi connectivity index (χ1v) is 7.22. The third-order valence-electron chi connectivity index (χ3n) is 2.38. The van der Waals surface area contributed by atoms with E-state index < -0.39 is 37.6 Å². The molecule has 0 heterocycles. The number of sulfonamides is 1. The van der Waals surface area contributed by atoms with Gasteiger partial charge < -0.3 is 9.47 Å². The molecule has 116 valence electrons. The molecule has 1 unspecified atom stereocenters. The minimum Gasteiger partial charge on any atom is -0.457 e. The van der Waals surface area contributed by atoms with Gasteiger partial charge in [0.2, 0.25) is 10.0 Å². The third kappa shape index (κ3) is 4.77. The van der Waals surface area contributed by atoms with E-state index in [1.54, 1.807) is 6.92 Å². The highest BCUT2D eigenvalue weighted by Crippen LogP contribution is 2.21. The summed E-state index contributed by atoms with van der Waals surface area (Å²) in [7, 11) is -2.78. The van der Waals surface area contributed by atoms with Crippen LogP contribution in [-0.2, 0) is 19.5 Å². The summed E-state index contributed by atoms with van der Waals surface area (Å²) in [5, 5.41) is 15.7. The molecule has 9 nitrogen and oxygen atoms in total. The number of carbonyl (C=O) groups is 1. The van der Waals surface area contributed by atoms with Crippen LogP contribution < -0.4 is 5.14 Å². The van der Waals surface area contributed by atoms with Crippen molar-refractivity contribution in [1.82, 2.24) is 0 Å². The molecule has 1 atom stereocenters. The Hall–Kier alpha value is -2.04. The molecule has 1 rings (SSSR count). The number of nitrogens with two attached hydrogens (primary N) is 1. The van der Waals surface area contributed by atoms with E-state index in [-0.39, 0.29) is 12.2 Å². The Morgan fingerprint density at radius 2 is 2.05 bits per heavy atom. The van der Waals surface area contributed by atoms with Crippen LogP contribution in [0.4, 0.5) is 5.69 Å². The lowest BCUT2D eigenvalue weighted by atomic mass is 10.2. The van der Waals surface area contributed by atoms with Crippen LogP contribution in [0.1, 0.15) is 17.3 Å². The third-order valence-corrected chi connectivity index (χ3v) is 3.27. The minimum absolute atomic E-state index is 0.128. The first kappa shape index (κ1) is 17.0. The quantitative estimate of drug-likeness (QED) is 0.456. The van der Waals surface area contributed by atoms with Crippen LogP contribution in [0, 0.1) is 10.1 Å². The van der Waals surface area contributed by atoms with Gasteiger partial charge in [-0.15, -0.1) is 0 Å². The van der Waals surface area contributed by atoms with Crippen LogP contribution in [0.25, 0.3) is 0 Å². The molecular weight excluding hydrogens is 304 g/mol. The molecule has 21 heavy (non-hydrogen) atoms. The van der Waals surface area contributed by atoms with Gasteiger partial charge in [-0.3, -0.25) is 10.1 Å². The number of nitro benzene ring substituents is 1. The summed E-state index contributed by atoms with van der Waals surface area (Å²) in [6.07, 6.45) is -0.598. The Kier molecular flexibility index (Phi) is 5.35. The molecule has 1 aromatic rings. The van der Waals surface area contributed by atoms with Crippen molar-refractivity contribution in [2.24, 2.45) is 5.14 Å². The van der Waals surface area contributed by atoms with Crippen LogP contribution in [0.2, 0.25) is 0 Å². The molecule has 0 amide bonds. The van der Waals surface area contributed by atoms with Crippen molar-refractivity contribution in [1.29, 1.82) is 0 Å². The highest BCUT2D eigenvalue weighted by molar-refractivity contribution is 7.89. The van der Waals surface area contributed by atoms with Crippen molar-refractivity contribution in [2.45, 2.75) is 17.9 Å². The van der Waals surface area contributed by atoms with E-state index in [2.05, 4.69) is 0 Å². The molecule has 0 radical (unpaired) electrons. The monoisotopic (exact) mass is 318 g/mol. The second kappa shape index (κ2) is 6.61. The molecule has 0 aromatic heterocycles. The molecule has 0 saturated heterocycles. The standard InChI is InChI=1S/C11H14N2O7S/c1-7(6-19-2)20-11(14)8-3-9(13(15)16)5-10(4-8)21(12,17)18/h3-5,7H,6H2,1-2H3,(H2,12,17,18). The summed E-state index contributed by atoms with van der Waals surface area (Å²) in [4.78, 5) is 21.3. The highest BCUT2D eigenvalue weighted by atomic mass is 32.2. The number of nitrogens with zero attached hydrogens (tertiary/aromatic N) is 1. The van der Waals surface area contributed by atoms with E-state index in [9.17, 15) is 23.3 Å². The number of hydrogen-bond donors (Lipinski definition) is 1. The van der Waals surface area contributed by atoms with E-state index in [4.69, 9.17) is 14.6 Å². The molecule has 10 heteroatoms. The maximum atomic E-state index is 11.8. The second-order valence-electron chi connectivity index (χ2n) is 4.19. The molecule has 0 bridgehead atoms. The summed E-state index contributed by atoms with van der Waals surface area (Å²) >= 11 is 0. The first-order valence-electron chi connectivity index (χ1n) is 5.67. The normalized spacial score (nSPS) is 12.7. The molecule has 0 aliphatic carbocycles. The fourth-order valence-electron chi connectivity index (χ4n) is 1.49. The number of rotatable bonds is 6. The molecular formula is C11H14N2O7S. The number of ether oxygens (including phenoxy) is 2. The average molecular weight is 318 g/mol. The molecule has 0 aliphatic heterocycles. The van der Waals surface area contributed by atoms with Crippen molar-refractivity contribution < 1.29 is 27.6 Å². The Morgan fingerprint density at radius 1 is 1.43 bits per heavy atom. The summed E-state index contributed by atoms with van der Waals surface area (Å²) in [6, 6.07) is 2.60. The smallest absolute Gasteiger partial charge is 0.338 e. The minimum atomic E-state index is -4.19. The summed E-state index contributed by atoms with van der Waals surface area (Å²) < 4.78 is 32.3. The number of carbonyl (C=O) groups excluding carboxylic acids is 1. The summed E-state index contributed by atoms with van der Waals surface area (Å²) in [5.74, 6) is -0.909. The zero-order chi connectivity index (χ0) is 16.2. The van der Waals surface area contributed by atoms with E-state index in [1.807, 2.05) is 0 Å². The SMILES string of the molecule is COCC(C)OC(=O)c1cc([N+](=O)[O-])cc(S(N)(=O)=O)c1. The van der Waals surface area contributed by atoms with Gasteiger partial charge in [-0.1, -0.05) is 0 Å². The fraction of sp³-hybridized carbons (Fsp3) is 0.364. The van der Waals surface area contributed by atoms with Gasteiger partial charge in [0.05, 0.1) is 22.0 Å². The van der Waals surface area contributed by atoms with Gasteiger partial charge in [-0.05, 0) is 13.0 Å². The maximum absolute atomic E-state index is 11.8. The number of nitro groups is 1. The van der Waals surface area contributed by atoms with E-state index in [1.165, 1.54) is 7.11 Å². The molecule has 0 spiro atoms. The highest BCUT2D eigenvalue weighted by Gasteiger charge is 2.21. The van der Waals surface area contributed by atoms with Crippen molar-refractivity contribution in [3.63, 3.8) is 0 Å². The Morgan fingerprint density at radius 3 is 2.52 bits per heavy atom. The van der Waals surface area contributed by atoms with Crippen LogP contribution in [0.15, 0.2) is 23.1 Å². The van der Waals surface area contributed by atoms with Gasteiger partial charge in [0.1, 0.15) is 6.10 Å². The van der Waals surface area contributed by atoms with E-state index >= 15 is 0 Å². The lowest BCUT2D eigenvalue weighted by Gasteiger charge is -2.12. The first-order chi connectivity index (χ1) is 9.65. The van der Waals surface area contributed by atoms with Crippen LogP contribution >= 0.6 is 0 Å². The molecule has 2 N–H and O–H groups in total. The zero-order valence-corrected chi connectivity index (χ0v) is 12.1. The van der Waals surface area contributed by atoms with Crippen molar-refractivity contribution in [3.05, 3.63) is 33.9 Å². The van der Waals surface area contributed by atoms with E-state index in [0.29, 0.717) is 0 Å². The number of esters is 1. The fourth-order valence-corrected chi connectivity index (χ4v) is 2.07. The van der Waals surface area contributed by atoms with Gasteiger partial charge in [-0.25, -0.2) is 18.4 Å². The number of primary sulfonamides is 1. The van der Waals surface area contributed by atoms with Gasteiger partial charge in [0, 0.05) is 19.2 Å². The predicted octanol–water partition coefficient (Wildman–Crippen LogP) is 0.434. The number of hydrogen-bond acceptors (Lipinski definition) is 7. The molecule has 0 fully saturated rings. The lowest BCUT2D eigenvalue weighted by molar-refractivity contribution is -0.385. The van der Waals surface area contributed by atoms with Gasteiger partial charge >= 0.3 is 5.97 Å². The van der Waals surface area contributed by atoms with Crippen LogP contribution in [0.3, 0.4) is 0 Å². The van der Waals surface area contributed by atoms with E-state index in [0.717, 1.165) is 18.2 Å². The van der Waals surface area contributed by atoms with Crippen molar-refractivity contribution >= 4 is 21.7 Å². The summed E-state index contributed by atoms with van der Waals surface area (Å²) in [6.45, 7) is 1.68. The predicted molar refractivity (Wildman–Crippen MR) is 71.2 cm³/mol. The number of benzene rings is 1. The average Bonchev–Trinajstić information content (AvgIpc) is 2.37. The molecule has 0 aliphatic rings. The second-order valence-corrected chi connectivity index (χ2v) is 5.75. The van der Waals surface area contributed by atoms with Gasteiger partial charge in [0.15, 0.2) is 0 Å². The number of non-ortho nitro benzene ring substituents is 1. The number of methoxy groups -OCH3 is 1. The Labute approximate surface area is 120 Å². The van der Waals surface area contributed by atoms with Crippen LogP contribution in [-0.4, -0.2) is 39.1 Å². The van der Waals surface area contributed by atoms with Crippen LogP contribution in [0.5, 0.6) is 0 Å². The maximum Gasteiger partial charge on any atom is 0.338 e. The van der Waals surface area contributed by atoms with Crippen molar-refractivity contribution in [3.8, 4) is 0 Å². The largest absolute Gasteiger partial charge is 0.457 e. The Bertz CT molecular complexity index is 657. The lowest BCUT2D eigenvalue weighted by Crippen LogP contribution is -2.20. The van der Waals surface area contributed by atoms with Crippen molar-refractivity contribution in [2.75, 3.05) is 13.7 Å². The summed E-state index contributed by atoms with van der Waals surface area (Å²) in [5.41, 5.74) is -0.857.